The molecule has 2 nitrogen and oxygen atoms in total. The van der Waals surface area contributed by atoms with Crippen molar-refractivity contribution in [2.24, 2.45) is 11.1 Å². The predicted octanol–water partition coefficient (Wildman–Crippen LogP) is 3.50. The second-order valence-corrected chi connectivity index (χ2v) is 6.46. The summed E-state index contributed by atoms with van der Waals surface area (Å²) in [5.74, 6) is 0. The SMILES string of the molecule is Cc1cc(C(N)=S)ccc1N(C)C(C)C(C)(C)C. The van der Waals surface area contributed by atoms with E-state index in [-0.39, 0.29) is 5.41 Å². The van der Waals surface area contributed by atoms with Crippen molar-refractivity contribution in [3.05, 3.63) is 29.3 Å². The van der Waals surface area contributed by atoms with E-state index in [0.717, 1.165) is 5.56 Å². The van der Waals surface area contributed by atoms with Crippen LogP contribution in [0.15, 0.2) is 18.2 Å². The first kappa shape index (κ1) is 15.0. The van der Waals surface area contributed by atoms with Crippen LogP contribution in [-0.2, 0) is 0 Å². The topological polar surface area (TPSA) is 29.3 Å². The highest BCUT2D eigenvalue weighted by atomic mass is 32.1. The van der Waals surface area contributed by atoms with Crippen molar-refractivity contribution < 1.29 is 0 Å². The summed E-state index contributed by atoms with van der Waals surface area (Å²) < 4.78 is 0. The minimum atomic E-state index is 0.239. The third-order valence-electron chi connectivity index (χ3n) is 3.70. The molecule has 1 unspecified atom stereocenters. The molecule has 3 heteroatoms. The van der Waals surface area contributed by atoms with Crippen molar-refractivity contribution in [3.8, 4) is 0 Å². The smallest absolute Gasteiger partial charge is 0.103 e. The average molecular weight is 264 g/mol. The van der Waals surface area contributed by atoms with Gasteiger partial charge in [-0.2, -0.15) is 0 Å². The summed E-state index contributed by atoms with van der Waals surface area (Å²) >= 11 is 5.01. The van der Waals surface area contributed by atoms with Crippen LogP contribution in [0.3, 0.4) is 0 Å². The van der Waals surface area contributed by atoms with Gasteiger partial charge in [0.05, 0.1) is 0 Å². The van der Waals surface area contributed by atoms with Crippen LogP contribution < -0.4 is 10.6 Å². The summed E-state index contributed by atoms with van der Waals surface area (Å²) in [5.41, 5.74) is 9.27. The molecule has 0 aliphatic heterocycles. The number of nitrogens with two attached hydrogens (primary N) is 1. The molecule has 0 aliphatic carbocycles. The maximum absolute atomic E-state index is 5.66. The molecule has 0 heterocycles. The fourth-order valence-electron chi connectivity index (χ4n) is 1.99. The molecule has 0 aliphatic rings. The van der Waals surface area contributed by atoms with E-state index in [4.69, 9.17) is 18.0 Å². The maximum Gasteiger partial charge on any atom is 0.103 e. The van der Waals surface area contributed by atoms with Crippen LogP contribution in [0.5, 0.6) is 0 Å². The highest BCUT2D eigenvalue weighted by molar-refractivity contribution is 7.80. The quantitative estimate of drug-likeness (QED) is 0.847. The Labute approximate surface area is 116 Å². The molecule has 0 aromatic heterocycles. The van der Waals surface area contributed by atoms with E-state index in [1.165, 1.54) is 11.3 Å². The Morgan fingerprint density at radius 1 is 1.33 bits per heavy atom. The predicted molar refractivity (Wildman–Crippen MR) is 84.4 cm³/mol. The van der Waals surface area contributed by atoms with Gasteiger partial charge in [-0.25, -0.2) is 0 Å². The van der Waals surface area contributed by atoms with Gasteiger partial charge in [0.1, 0.15) is 4.99 Å². The molecule has 0 fully saturated rings. The van der Waals surface area contributed by atoms with Crippen molar-refractivity contribution in [3.63, 3.8) is 0 Å². The lowest BCUT2D eigenvalue weighted by atomic mass is 9.86. The lowest BCUT2D eigenvalue weighted by Crippen LogP contribution is -2.39. The lowest BCUT2D eigenvalue weighted by Gasteiger charge is -2.37. The fraction of sp³-hybridized carbons (Fsp3) is 0.533. The molecule has 1 aromatic carbocycles. The summed E-state index contributed by atoms with van der Waals surface area (Å²) in [6, 6.07) is 6.61. The Hall–Kier alpha value is -1.09. The minimum Gasteiger partial charge on any atom is -0.389 e. The summed E-state index contributed by atoms with van der Waals surface area (Å²) in [5, 5.41) is 0. The van der Waals surface area contributed by atoms with Crippen molar-refractivity contribution in [1.29, 1.82) is 0 Å². The summed E-state index contributed by atoms with van der Waals surface area (Å²) in [7, 11) is 2.14. The molecular formula is C15H24N2S. The van der Waals surface area contributed by atoms with Gasteiger partial charge in [0.2, 0.25) is 0 Å². The second-order valence-electron chi connectivity index (χ2n) is 6.02. The van der Waals surface area contributed by atoms with Crippen molar-refractivity contribution >= 4 is 22.9 Å². The largest absolute Gasteiger partial charge is 0.389 e. The fourth-order valence-corrected chi connectivity index (χ4v) is 2.12. The molecule has 18 heavy (non-hydrogen) atoms. The Bertz CT molecular complexity index is 446. The van der Waals surface area contributed by atoms with E-state index >= 15 is 0 Å². The first-order valence-electron chi connectivity index (χ1n) is 6.28. The first-order chi connectivity index (χ1) is 8.14. The summed E-state index contributed by atoms with van der Waals surface area (Å²) in [6.45, 7) is 11.1. The van der Waals surface area contributed by atoms with Gasteiger partial charge in [-0.3, -0.25) is 0 Å². The van der Waals surface area contributed by atoms with Gasteiger partial charge in [0, 0.05) is 24.3 Å². The van der Waals surface area contributed by atoms with Gasteiger partial charge in [-0.15, -0.1) is 0 Å². The first-order valence-corrected chi connectivity index (χ1v) is 6.68. The van der Waals surface area contributed by atoms with E-state index in [1.807, 2.05) is 6.07 Å². The standard InChI is InChI=1S/C15H24N2S/c1-10-9-12(14(16)18)7-8-13(10)17(6)11(2)15(3,4)5/h7-9,11H,1-6H3,(H2,16,18). The number of hydrogen-bond acceptors (Lipinski definition) is 2. The molecule has 0 amide bonds. The third-order valence-corrected chi connectivity index (χ3v) is 3.93. The van der Waals surface area contributed by atoms with Crippen molar-refractivity contribution in [2.45, 2.75) is 40.7 Å². The van der Waals surface area contributed by atoms with E-state index in [1.54, 1.807) is 0 Å². The molecule has 0 spiro atoms. The maximum atomic E-state index is 5.66. The second kappa shape index (κ2) is 5.27. The number of nitrogens with zero attached hydrogens (tertiary/aromatic N) is 1. The number of thiocarbonyl (C=S) groups is 1. The molecule has 1 aromatic rings. The Morgan fingerprint density at radius 3 is 2.28 bits per heavy atom. The van der Waals surface area contributed by atoms with Gasteiger partial charge in [-0.1, -0.05) is 33.0 Å². The number of rotatable bonds is 3. The van der Waals surface area contributed by atoms with E-state index in [2.05, 4.69) is 58.7 Å². The van der Waals surface area contributed by atoms with Crippen LogP contribution in [0.25, 0.3) is 0 Å². The van der Waals surface area contributed by atoms with Crippen molar-refractivity contribution in [2.75, 3.05) is 11.9 Å². The number of hydrogen-bond donors (Lipinski definition) is 1. The van der Waals surface area contributed by atoms with Crippen LogP contribution in [0.1, 0.15) is 38.8 Å². The lowest BCUT2D eigenvalue weighted by molar-refractivity contribution is 0.329. The monoisotopic (exact) mass is 264 g/mol. The van der Waals surface area contributed by atoms with Crippen LogP contribution >= 0.6 is 12.2 Å². The molecule has 2 N–H and O–H groups in total. The number of aryl methyl sites for hydroxylation is 1. The zero-order chi connectivity index (χ0) is 14.1. The zero-order valence-electron chi connectivity index (χ0n) is 12.2. The van der Waals surface area contributed by atoms with Gasteiger partial charge in [-0.05, 0) is 43.0 Å². The Kier molecular flexibility index (Phi) is 4.38. The normalized spacial score (nSPS) is 13.2. The van der Waals surface area contributed by atoms with Crippen LogP contribution in [0, 0.1) is 12.3 Å². The Morgan fingerprint density at radius 2 is 1.89 bits per heavy atom. The van der Waals surface area contributed by atoms with Crippen LogP contribution in [0.2, 0.25) is 0 Å². The van der Waals surface area contributed by atoms with Gasteiger partial charge in [0.25, 0.3) is 0 Å². The Balaban J connectivity index is 3.08. The summed E-state index contributed by atoms with van der Waals surface area (Å²) in [6.07, 6.45) is 0. The molecule has 0 saturated heterocycles. The van der Waals surface area contributed by atoms with E-state index < -0.39 is 0 Å². The van der Waals surface area contributed by atoms with Crippen LogP contribution in [0.4, 0.5) is 5.69 Å². The molecule has 1 rings (SSSR count). The van der Waals surface area contributed by atoms with Crippen LogP contribution in [-0.4, -0.2) is 18.1 Å². The van der Waals surface area contributed by atoms with E-state index in [9.17, 15) is 0 Å². The zero-order valence-corrected chi connectivity index (χ0v) is 13.1. The average Bonchev–Trinajstić information content (AvgIpc) is 2.25. The molecule has 0 saturated carbocycles. The van der Waals surface area contributed by atoms with Gasteiger partial charge >= 0.3 is 0 Å². The van der Waals surface area contributed by atoms with E-state index in [0.29, 0.717) is 11.0 Å². The summed E-state index contributed by atoms with van der Waals surface area (Å²) in [4.78, 5) is 2.77. The molecule has 1 atom stereocenters. The third kappa shape index (κ3) is 3.22. The van der Waals surface area contributed by atoms with Crippen molar-refractivity contribution in [1.82, 2.24) is 0 Å². The van der Waals surface area contributed by atoms with Gasteiger partial charge < -0.3 is 10.6 Å². The molecule has 0 radical (unpaired) electrons. The number of benzene rings is 1. The highest BCUT2D eigenvalue weighted by Gasteiger charge is 2.24. The minimum absolute atomic E-state index is 0.239. The molecular weight excluding hydrogens is 240 g/mol. The molecule has 0 bridgehead atoms. The molecule has 100 valence electrons. The highest BCUT2D eigenvalue weighted by Crippen LogP contribution is 2.29. The van der Waals surface area contributed by atoms with Gasteiger partial charge in [0.15, 0.2) is 0 Å². The number of anilines is 1.